The summed E-state index contributed by atoms with van der Waals surface area (Å²) < 4.78 is 88.5. The zero-order valence-corrected chi connectivity index (χ0v) is 40.3. The molecule has 0 saturated carbocycles. The van der Waals surface area contributed by atoms with E-state index in [-0.39, 0.29) is 22.3 Å². The lowest BCUT2D eigenvalue weighted by molar-refractivity contribution is -0.140. The second kappa shape index (κ2) is 18.5. The number of alkyl halides is 3. The van der Waals surface area contributed by atoms with Gasteiger partial charge in [-0.25, -0.2) is 13.8 Å². The minimum Gasteiger partial charge on any atom is -0.506 e. The quantitative estimate of drug-likeness (QED) is 0.101. The minimum absolute atomic E-state index is 0.0602. The highest BCUT2D eigenvalue weighted by molar-refractivity contribution is 6.46. The lowest BCUT2D eigenvalue weighted by atomic mass is 9.85. The first-order valence-corrected chi connectivity index (χ1v) is 23.2. The first-order chi connectivity index (χ1) is 33.2. The first kappa shape index (κ1) is 47.6. The number of rotatable bonds is 10. The maximum atomic E-state index is 15.6. The SMILES string of the molecule is Cc1ccc(C2=N/C(=C(/c3ccccc3)c3c(-c4ccc(C(C)(C)C)cc4)cc(-c4ccc(C(C)(C)C)cc4)n3B(Oc3ccc(C)c(F)c3)Oc3ccc(C(F)(F)F)c(F)c3)c3ccccc32)cc1. The van der Waals surface area contributed by atoms with Crippen molar-refractivity contribution in [3.05, 3.63) is 237 Å². The molecule has 2 heterocycles. The summed E-state index contributed by atoms with van der Waals surface area (Å²) in [6.45, 7) is 16.5. The molecule has 0 atom stereocenters. The average molecular weight is 939 g/mol. The Bertz CT molecular complexity index is 3290. The van der Waals surface area contributed by atoms with Crippen molar-refractivity contribution >= 4 is 24.2 Å². The molecule has 0 bridgehead atoms. The van der Waals surface area contributed by atoms with Crippen LogP contribution in [0.1, 0.15) is 97.3 Å². The van der Waals surface area contributed by atoms with E-state index in [9.17, 15) is 13.2 Å². The third-order valence-corrected chi connectivity index (χ3v) is 12.7. The second-order valence-corrected chi connectivity index (χ2v) is 19.9. The fourth-order valence-electron chi connectivity index (χ4n) is 8.78. The van der Waals surface area contributed by atoms with Crippen LogP contribution in [0.2, 0.25) is 0 Å². The molecule has 1 aromatic heterocycles. The molecule has 352 valence electrons. The molecule has 0 N–H and O–H groups in total. The Kier molecular flexibility index (Phi) is 12.6. The van der Waals surface area contributed by atoms with Crippen LogP contribution >= 0.6 is 0 Å². The van der Waals surface area contributed by atoms with Gasteiger partial charge in [0.1, 0.15) is 23.1 Å². The lowest BCUT2D eigenvalue weighted by Crippen LogP contribution is -2.40. The van der Waals surface area contributed by atoms with Crippen LogP contribution in [0.4, 0.5) is 22.0 Å². The Morgan fingerprint density at radius 3 is 1.61 bits per heavy atom. The number of fused-ring (bicyclic) bond motifs is 1. The van der Waals surface area contributed by atoms with Crippen LogP contribution < -0.4 is 9.31 Å². The molecule has 9 rings (SSSR count). The zero-order valence-electron chi connectivity index (χ0n) is 40.3. The summed E-state index contributed by atoms with van der Waals surface area (Å²) in [5, 5.41) is 0. The molecule has 10 heteroatoms. The van der Waals surface area contributed by atoms with E-state index >= 15 is 8.78 Å². The summed E-state index contributed by atoms with van der Waals surface area (Å²) in [5.74, 6) is -2.27. The van der Waals surface area contributed by atoms with Gasteiger partial charge in [0.2, 0.25) is 0 Å². The van der Waals surface area contributed by atoms with E-state index in [1.165, 1.54) is 6.07 Å². The highest BCUT2D eigenvalue weighted by Gasteiger charge is 2.40. The number of aromatic nitrogens is 1. The monoisotopic (exact) mass is 938 g/mol. The minimum atomic E-state index is -4.96. The van der Waals surface area contributed by atoms with Gasteiger partial charge in [-0.05, 0) is 82.3 Å². The Balaban J connectivity index is 1.44. The van der Waals surface area contributed by atoms with Crippen LogP contribution in [-0.2, 0) is 17.0 Å². The third-order valence-electron chi connectivity index (χ3n) is 12.7. The predicted octanol–water partition coefficient (Wildman–Crippen LogP) is 16.1. The highest BCUT2D eigenvalue weighted by Crippen LogP contribution is 2.47. The molecular formula is C60H52BF5N2O2. The van der Waals surface area contributed by atoms with Crippen molar-refractivity contribution in [2.24, 2.45) is 4.99 Å². The Morgan fingerprint density at radius 1 is 0.529 bits per heavy atom. The molecule has 0 spiro atoms. The Labute approximate surface area is 407 Å². The maximum absolute atomic E-state index is 15.6. The van der Waals surface area contributed by atoms with Crippen molar-refractivity contribution in [1.29, 1.82) is 0 Å². The summed E-state index contributed by atoms with van der Waals surface area (Å²) in [4.78, 5) is 5.54. The van der Waals surface area contributed by atoms with E-state index < -0.39 is 30.6 Å². The molecule has 70 heavy (non-hydrogen) atoms. The topological polar surface area (TPSA) is 35.8 Å². The number of hydrogen-bond donors (Lipinski definition) is 0. The molecule has 8 aromatic rings. The van der Waals surface area contributed by atoms with E-state index in [1.807, 2.05) is 78.1 Å². The van der Waals surface area contributed by atoms with E-state index in [0.717, 1.165) is 67.4 Å². The van der Waals surface area contributed by atoms with Crippen LogP contribution in [0.15, 0.2) is 175 Å². The van der Waals surface area contributed by atoms with Crippen LogP contribution in [0.3, 0.4) is 0 Å². The number of aliphatic imine (C=N–C) groups is 1. The van der Waals surface area contributed by atoms with Gasteiger partial charge < -0.3 is 13.8 Å². The van der Waals surface area contributed by atoms with E-state index in [2.05, 4.69) is 108 Å². The number of hydrogen-bond acceptors (Lipinski definition) is 3. The standard InChI is InChI=1S/C60H52BF5N2O2/c1-37-18-21-42(22-19-37)55-47-16-12-13-17-48(47)56(67-55)54(41-14-10-9-11-15-41)57-49(39-23-27-43(28-24-39)58(3,4)5)36-53(40-25-29-44(30-26-40)59(6,7)8)68(57)61(69-45-31-20-38(2)51(62)34-45)70-46-32-33-50(52(63)35-46)60(64,65)66/h9-36H,1-8H3/b56-54-. The molecule has 4 nitrogen and oxygen atoms in total. The van der Waals surface area contributed by atoms with Gasteiger partial charge in [-0.15, -0.1) is 0 Å². The summed E-state index contributed by atoms with van der Waals surface area (Å²) >= 11 is 0. The molecule has 0 amide bonds. The smallest absolute Gasteiger partial charge is 0.506 e. The van der Waals surface area contributed by atoms with E-state index in [1.54, 1.807) is 19.1 Å². The molecular weight excluding hydrogens is 886 g/mol. The van der Waals surface area contributed by atoms with Gasteiger partial charge in [0, 0.05) is 45.7 Å². The van der Waals surface area contributed by atoms with Crippen molar-refractivity contribution in [3.8, 4) is 33.9 Å². The molecule has 1 aliphatic rings. The Morgan fingerprint density at radius 2 is 1.06 bits per heavy atom. The number of nitrogens with zero attached hydrogens (tertiary/aromatic N) is 2. The van der Waals surface area contributed by atoms with E-state index in [0.29, 0.717) is 40.4 Å². The van der Waals surface area contributed by atoms with Crippen molar-refractivity contribution < 1.29 is 31.3 Å². The number of benzene rings is 7. The molecule has 0 unspecified atom stereocenters. The van der Waals surface area contributed by atoms with Gasteiger partial charge in [-0.3, -0.25) is 0 Å². The van der Waals surface area contributed by atoms with E-state index in [4.69, 9.17) is 14.3 Å². The highest BCUT2D eigenvalue weighted by atomic mass is 19.4. The number of aryl methyl sites for hydroxylation is 2. The van der Waals surface area contributed by atoms with Gasteiger partial charge in [0.15, 0.2) is 0 Å². The fraction of sp³-hybridized carbons (Fsp3) is 0.183. The summed E-state index contributed by atoms with van der Waals surface area (Å²) in [7, 11) is -1.61. The zero-order chi connectivity index (χ0) is 49.7. The molecule has 1 aliphatic heterocycles. The Hall–Kier alpha value is -7.46. The third kappa shape index (κ3) is 9.60. The van der Waals surface area contributed by atoms with Crippen molar-refractivity contribution in [2.45, 2.75) is 72.4 Å². The summed E-state index contributed by atoms with van der Waals surface area (Å²) in [6.07, 6.45) is -4.96. The lowest BCUT2D eigenvalue weighted by Gasteiger charge is -2.25. The maximum Gasteiger partial charge on any atom is 0.743 e. The normalized spacial score (nSPS) is 13.5. The largest absolute Gasteiger partial charge is 0.743 e. The van der Waals surface area contributed by atoms with Crippen LogP contribution in [-0.4, -0.2) is 17.4 Å². The van der Waals surface area contributed by atoms with Gasteiger partial charge in [-0.2, -0.15) is 13.2 Å². The average Bonchev–Trinajstić information content (AvgIpc) is 3.90. The predicted molar refractivity (Wildman–Crippen MR) is 273 cm³/mol. The van der Waals surface area contributed by atoms with Gasteiger partial charge >= 0.3 is 13.4 Å². The van der Waals surface area contributed by atoms with Crippen LogP contribution in [0.5, 0.6) is 11.5 Å². The van der Waals surface area contributed by atoms with Crippen LogP contribution in [0, 0.1) is 25.5 Å². The summed E-state index contributed by atoms with van der Waals surface area (Å²) in [6, 6.07) is 51.5. The molecule has 0 fully saturated rings. The van der Waals surface area contributed by atoms with Crippen molar-refractivity contribution in [2.75, 3.05) is 0 Å². The second-order valence-electron chi connectivity index (χ2n) is 19.9. The van der Waals surface area contributed by atoms with Gasteiger partial charge in [0.25, 0.3) is 0 Å². The number of halogens is 5. The van der Waals surface area contributed by atoms with Crippen LogP contribution in [0.25, 0.3) is 33.7 Å². The van der Waals surface area contributed by atoms with Gasteiger partial charge in [0.05, 0.1) is 22.7 Å². The first-order valence-electron chi connectivity index (χ1n) is 23.2. The molecule has 0 saturated heterocycles. The van der Waals surface area contributed by atoms with Gasteiger partial charge in [-0.1, -0.05) is 181 Å². The molecule has 0 radical (unpaired) electrons. The molecule has 7 aromatic carbocycles. The molecule has 0 aliphatic carbocycles. The van der Waals surface area contributed by atoms with Crippen molar-refractivity contribution in [1.82, 2.24) is 4.48 Å². The fourth-order valence-corrected chi connectivity index (χ4v) is 8.78. The van der Waals surface area contributed by atoms with Crippen molar-refractivity contribution in [3.63, 3.8) is 0 Å². The summed E-state index contributed by atoms with van der Waals surface area (Å²) in [5.41, 5.74) is 10.9.